The molecular formula is C16H26FN3O. The summed E-state index contributed by atoms with van der Waals surface area (Å²) in [5.41, 5.74) is 13.8. The molecule has 0 aromatic heterocycles. The van der Waals surface area contributed by atoms with Crippen LogP contribution in [-0.2, 0) is 4.74 Å². The van der Waals surface area contributed by atoms with Crippen LogP contribution in [0.4, 0.5) is 10.1 Å². The molecule has 21 heavy (non-hydrogen) atoms. The second kappa shape index (κ2) is 7.73. The zero-order valence-electron chi connectivity index (χ0n) is 12.6. The molecule has 5 heteroatoms. The molecule has 1 aliphatic carbocycles. The molecule has 0 heterocycles. The maximum Gasteiger partial charge on any atom is 0.107 e. The van der Waals surface area contributed by atoms with Gasteiger partial charge in [0, 0.05) is 24.9 Å². The van der Waals surface area contributed by atoms with E-state index in [4.69, 9.17) is 16.2 Å². The Morgan fingerprint density at radius 1 is 1.29 bits per heavy atom. The van der Waals surface area contributed by atoms with Crippen molar-refractivity contribution < 1.29 is 9.13 Å². The van der Waals surface area contributed by atoms with Crippen LogP contribution in [0.1, 0.15) is 37.4 Å². The normalized spacial score (nSPS) is 25.3. The van der Waals surface area contributed by atoms with E-state index in [9.17, 15) is 4.39 Å². The van der Waals surface area contributed by atoms with E-state index in [1.807, 2.05) is 24.3 Å². The molecule has 0 radical (unpaired) electrons. The summed E-state index contributed by atoms with van der Waals surface area (Å²) in [6.07, 6.45) is 4.21. The van der Waals surface area contributed by atoms with Crippen molar-refractivity contribution in [3.05, 3.63) is 29.8 Å². The van der Waals surface area contributed by atoms with Crippen LogP contribution in [0, 0.1) is 0 Å². The second-order valence-corrected chi connectivity index (χ2v) is 5.80. The number of nitrogens with one attached hydrogen (secondary N) is 1. The zero-order valence-corrected chi connectivity index (χ0v) is 12.6. The number of ether oxygens (including phenoxy) is 1. The number of alkyl halides is 1. The first kappa shape index (κ1) is 16.2. The summed E-state index contributed by atoms with van der Waals surface area (Å²) >= 11 is 0. The van der Waals surface area contributed by atoms with Crippen LogP contribution in [0.5, 0.6) is 0 Å². The third kappa shape index (κ3) is 4.15. The molecule has 2 rings (SSSR count). The summed E-state index contributed by atoms with van der Waals surface area (Å²) in [5.74, 6) is 0. The van der Waals surface area contributed by atoms with Gasteiger partial charge in [0.05, 0.1) is 12.1 Å². The Balaban J connectivity index is 2.01. The van der Waals surface area contributed by atoms with Gasteiger partial charge >= 0.3 is 0 Å². The van der Waals surface area contributed by atoms with Gasteiger partial charge in [0.1, 0.15) is 6.67 Å². The molecule has 0 aliphatic heterocycles. The number of benzene rings is 1. The summed E-state index contributed by atoms with van der Waals surface area (Å²) in [6, 6.07) is 7.73. The minimum Gasteiger partial charge on any atom is -0.381 e. The molecule has 0 amide bonds. The van der Waals surface area contributed by atoms with Crippen LogP contribution < -0.4 is 16.8 Å². The molecule has 0 saturated heterocycles. The van der Waals surface area contributed by atoms with Crippen LogP contribution in [-0.4, -0.2) is 31.9 Å². The fourth-order valence-corrected chi connectivity index (χ4v) is 2.96. The number of hydrogen-bond acceptors (Lipinski definition) is 4. The quantitative estimate of drug-likeness (QED) is 0.753. The minimum atomic E-state index is -0.638. The van der Waals surface area contributed by atoms with Crippen LogP contribution in [0.25, 0.3) is 0 Å². The number of anilines is 1. The lowest BCUT2D eigenvalue weighted by Crippen LogP contribution is -2.42. The molecule has 2 unspecified atom stereocenters. The third-order valence-corrected chi connectivity index (χ3v) is 4.23. The van der Waals surface area contributed by atoms with Gasteiger partial charge in [0.25, 0.3) is 0 Å². The summed E-state index contributed by atoms with van der Waals surface area (Å²) in [5, 5.41) is 3.49. The lowest BCUT2D eigenvalue weighted by molar-refractivity contribution is 0.0721. The largest absolute Gasteiger partial charge is 0.381 e. The highest BCUT2D eigenvalue weighted by Crippen LogP contribution is 2.24. The first-order valence-corrected chi connectivity index (χ1v) is 7.62. The van der Waals surface area contributed by atoms with Gasteiger partial charge in [-0.05, 0) is 30.5 Å². The first-order valence-electron chi connectivity index (χ1n) is 7.62. The molecule has 5 N–H and O–H groups in total. The summed E-state index contributed by atoms with van der Waals surface area (Å²) in [4.78, 5) is 0. The fraction of sp³-hybridized carbons (Fsp3) is 0.625. The van der Waals surface area contributed by atoms with Crippen molar-refractivity contribution in [1.82, 2.24) is 0 Å². The lowest BCUT2D eigenvalue weighted by atomic mass is 9.91. The summed E-state index contributed by atoms with van der Waals surface area (Å²) in [7, 11) is 1.55. The van der Waals surface area contributed by atoms with Crippen molar-refractivity contribution in [3.63, 3.8) is 0 Å². The van der Waals surface area contributed by atoms with Gasteiger partial charge in [0.15, 0.2) is 0 Å². The van der Waals surface area contributed by atoms with Gasteiger partial charge in [-0.25, -0.2) is 4.39 Å². The minimum absolute atomic E-state index is 0.213. The van der Waals surface area contributed by atoms with E-state index in [1.54, 1.807) is 7.11 Å². The topological polar surface area (TPSA) is 73.3 Å². The summed E-state index contributed by atoms with van der Waals surface area (Å²) in [6.45, 7) is -0.602. The van der Waals surface area contributed by atoms with E-state index in [1.165, 1.54) is 12.8 Å². The van der Waals surface area contributed by atoms with Crippen molar-refractivity contribution in [2.75, 3.05) is 19.1 Å². The van der Waals surface area contributed by atoms with E-state index < -0.39 is 18.8 Å². The van der Waals surface area contributed by atoms with E-state index in [-0.39, 0.29) is 6.04 Å². The molecule has 0 bridgehead atoms. The highest BCUT2D eigenvalue weighted by Gasteiger charge is 2.22. The van der Waals surface area contributed by atoms with Crippen molar-refractivity contribution in [2.45, 2.75) is 49.9 Å². The second-order valence-electron chi connectivity index (χ2n) is 5.80. The summed E-state index contributed by atoms with van der Waals surface area (Å²) < 4.78 is 18.0. The van der Waals surface area contributed by atoms with E-state index in [0.717, 1.165) is 24.1 Å². The molecule has 0 spiro atoms. The van der Waals surface area contributed by atoms with Gasteiger partial charge in [-0.3, -0.25) is 0 Å². The van der Waals surface area contributed by atoms with Crippen LogP contribution in [0.2, 0.25) is 0 Å². The smallest absolute Gasteiger partial charge is 0.107 e. The Morgan fingerprint density at radius 2 is 1.95 bits per heavy atom. The highest BCUT2D eigenvalue weighted by atomic mass is 19.1. The number of halogens is 1. The Hall–Kier alpha value is -1.17. The molecule has 4 nitrogen and oxygen atoms in total. The van der Waals surface area contributed by atoms with Crippen molar-refractivity contribution in [2.24, 2.45) is 11.5 Å². The average Bonchev–Trinajstić information content (AvgIpc) is 2.51. The number of hydrogen-bond donors (Lipinski definition) is 3. The molecule has 1 fully saturated rings. The highest BCUT2D eigenvalue weighted by molar-refractivity contribution is 5.46. The number of methoxy groups -OCH3 is 1. The van der Waals surface area contributed by atoms with Crippen molar-refractivity contribution >= 4 is 5.69 Å². The van der Waals surface area contributed by atoms with E-state index in [2.05, 4.69) is 5.32 Å². The Labute approximate surface area is 126 Å². The molecule has 1 saturated carbocycles. The van der Waals surface area contributed by atoms with E-state index in [0.29, 0.717) is 6.04 Å². The van der Waals surface area contributed by atoms with Crippen LogP contribution in [0.15, 0.2) is 24.3 Å². The van der Waals surface area contributed by atoms with Gasteiger partial charge in [0.2, 0.25) is 0 Å². The number of nitrogens with two attached hydrogens (primary N) is 2. The zero-order chi connectivity index (χ0) is 15.2. The maximum absolute atomic E-state index is 12.7. The van der Waals surface area contributed by atoms with E-state index >= 15 is 0 Å². The van der Waals surface area contributed by atoms with Gasteiger partial charge < -0.3 is 21.5 Å². The van der Waals surface area contributed by atoms with Gasteiger partial charge in [-0.2, -0.15) is 0 Å². The average molecular weight is 295 g/mol. The standard InChI is InChI=1S/C16H26FN3O/c1-21-16(14(19)10-17)11-6-8-12(9-7-11)20-15-5-3-2-4-13(15)18/h6-9,13-16,20H,2-5,10,18-19H2,1H3/t13?,14-,15?,16-/m1/s1. The number of rotatable bonds is 6. The first-order chi connectivity index (χ1) is 10.2. The maximum atomic E-state index is 12.7. The Kier molecular flexibility index (Phi) is 5.96. The monoisotopic (exact) mass is 295 g/mol. The fourth-order valence-electron chi connectivity index (χ4n) is 2.96. The molecule has 1 aromatic rings. The van der Waals surface area contributed by atoms with Gasteiger partial charge in [-0.1, -0.05) is 25.0 Å². The van der Waals surface area contributed by atoms with Crippen LogP contribution in [0.3, 0.4) is 0 Å². The Morgan fingerprint density at radius 3 is 2.52 bits per heavy atom. The molecule has 1 aromatic carbocycles. The van der Waals surface area contributed by atoms with Crippen molar-refractivity contribution in [3.8, 4) is 0 Å². The predicted molar refractivity (Wildman–Crippen MR) is 84.0 cm³/mol. The SMILES string of the molecule is CO[C@H](c1ccc(NC2CCCCC2N)cc1)[C@H](N)CF. The van der Waals surface area contributed by atoms with Gasteiger partial charge in [-0.15, -0.1) is 0 Å². The molecule has 118 valence electrons. The van der Waals surface area contributed by atoms with Crippen LogP contribution >= 0.6 is 0 Å². The predicted octanol–water partition coefficient (Wildman–Crippen LogP) is 2.35. The Bertz CT molecular complexity index is 426. The van der Waals surface area contributed by atoms with Crippen molar-refractivity contribution in [1.29, 1.82) is 0 Å². The third-order valence-electron chi connectivity index (χ3n) is 4.23. The lowest BCUT2D eigenvalue weighted by Gasteiger charge is -2.30. The molecule has 1 aliphatic rings. The molecular weight excluding hydrogens is 269 g/mol. The molecule has 4 atom stereocenters.